The topological polar surface area (TPSA) is 41.1 Å². The van der Waals surface area contributed by atoms with E-state index in [1.54, 1.807) is 0 Å². The lowest BCUT2D eigenvalue weighted by atomic mass is 9.91. The molecule has 0 aromatic carbocycles. The summed E-state index contributed by atoms with van der Waals surface area (Å²) in [6.45, 7) is 14.4. The van der Waals surface area contributed by atoms with Gasteiger partial charge in [0.25, 0.3) is 0 Å². The lowest BCUT2D eigenvalue weighted by Crippen LogP contribution is -2.33. The van der Waals surface area contributed by atoms with Gasteiger partial charge in [-0.05, 0) is 38.9 Å². The number of anilines is 1. The first-order chi connectivity index (χ1) is 10.3. The van der Waals surface area contributed by atoms with Crippen LogP contribution < -0.4 is 5.32 Å². The van der Waals surface area contributed by atoms with Crippen molar-refractivity contribution in [3.05, 3.63) is 17.6 Å². The smallest absolute Gasteiger partial charge is 0.133 e. The molecular formula is C18H32N4. The molecule has 1 fully saturated rings. The van der Waals surface area contributed by atoms with Crippen LogP contribution in [0, 0.1) is 5.92 Å². The Morgan fingerprint density at radius 2 is 1.86 bits per heavy atom. The molecule has 0 unspecified atom stereocenters. The standard InChI is InChI=1S/C18H32N4/c1-13(2)17-20-15(18(3,4)5)11-16(21-17)19-12-14-7-9-22(6)10-8-14/h11,13-14H,7-10,12H2,1-6H3,(H,19,20,21). The van der Waals surface area contributed by atoms with Gasteiger partial charge in [0.2, 0.25) is 0 Å². The van der Waals surface area contributed by atoms with Gasteiger partial charge in [-0.2, -0.15) is 0 Å². The Hall–Kier alpha value is -1.16. The number of likely N-dealkylation sites (tertiary alicyclic amines) is 1. The second-order valence-corrected chi connectivity index (χ2v) is 8.03. The first kappa shape index (κ1) is 17.2. The molecule has 1 N–H and O–H groups in total. The van der Waals surface area contributed by atoms with E-state index in [0.29, 0.717) is 5.92 Å². The van der Waals surface area contributed by atoms with Crippen LogP contribution in [0.4, 0.5) is 5.82 Å². The van der Waals surface area contributed by atoms with E-state index in [9.17, 15) is 0 Å². The molecule has 1 saturated heterocycles. The molecule has 1 aliphatic heterocycles. The first-order valence-corrected chi connectivity index (χ1v) is 8.57. The molecule has 1 aromatic rings. The maximum Gasteiger partial charge on any atom is 0.133 e. The quantitative estimate of drug-likeness (QED) is 0.922. The number of aromatic nitrogens is 2. The molecule has 4 heteroatoms. The van der Waals surface area contributed by atoms with E-state index in [4.69, 9.17) is 9.97 Å². The van der Waals surface area contributed by atoms with E-state index in [1.165, 1.54) is 25.9 Å². The second-order valence-electron chi connectivity index (χ2n) is 8.03. The number of nitrogens with zero attached hydrogens (tertiary/aromatic N) is 3. The molecule has 0 spiro atoms. The van der Waals surface area contributed by atoms with Crippen LogP contribution in [0.3, 0.4) is 0 Å². The molecule has 0 amide bonds. The van der Waals surface area contributed by atoms with Gasteiger partial charge in [0.15, 0.2) is 0 Å². The third kappa shape index (κ3) is 4.67. The third-order valence-electron chi connectivity index (χ3n) is 4.44. The molecule has 0 radical (unpaired) electrons. The summed E-state index contributed by atoms with van der Waals surface area (Å²) < 4.78 is 0. The van der Waals surface area contributed by atoms with Gasteiger partial charge in [0, 0.05) is 23.9 Å². The van der Waals surface area contributed by atoms with Gasteiger partial charge in [0.1, 0.15) is 11.6 Å². The lowest BCUT2D eigenvalue weighted by molar-refractivity contribution is 0.226. The van der Waals surface area contributed by atoms with Crippen molar-refractivity contribution in [1.82, 2.24) is 14.9 Å². The van der Waals surface area contributed by atoms with Crippen LogP contribution in [-0.2, 0) is 5.41 Å². The van der Waals surface area contributed by atoms with Crippen molar-refractivity contribution in [3.63, 3.8) is 0 Å². The Kier molecular flexibility index (Phi) is 5.43. The summed E-state index contributed by atoms with van der Waals surface area (Å²) in [4.78, 5) is 11.9. The average Bonchev–Trinajstić information content (AvgIpc) is 2.45. The summed E-state index contributed by atoms with van der Waals surface area (Å²) in [5, 5.41) is 3.57. The Balaban J connectivity index is 2.07. The van der Waals surface area contributed by atoms with Gasteiger partial charge < -0.3 is 10.2 Å². The Bertz CT molecular complexity index is 482. The molecule has 2 heterocycles. The maximum atomic E-state index is 4.75. The third-order valence-corrected chi connectivity index (χ3v) is 4.44. The Morgan fingerprint density at radius 1 is 1.23 bits per heavy atom. The van der Waals surface area contributed by atoms with Crippen LogP contribution in [0.15, 0.2) is 6.07 Å². The van der Waals surface area contributed by atoms with Crippen LogP contribution in [-0.4, -0.2) is 41.5 Å². The summed E-state index contributed by atoms with van der Waals surface area (Å²) in [5.41, 5.74) is 1.17. The highest BCUT2D eigenvalue weighted by atomic mass is 15.1. The largest absolute Gasteiger partial charge is 0.370 e. The van der Waals surface area contributed by atoms with Crippen molar-refractivity contribution >= 4 is 5.82 Å². The first-order valence-electron chi connectivity index (χ1n) is 8.57. The van der Waals surface area contributed by atoms with Crippen molar-refractivity contribution in [1.29, 1.82) is 0 Å². The SMILES string of the molecule is CC(C)c1nc(NCC2CCN(C)CC2)cc(C(C)(C)C)n1. The van der Waals surface area contributed by atoms with Crippen LogP contribution in [0.25, 0.3) is 0 Å². The lowest BCUT2D eigenvalue weighted by Gasteiger charge is -2.29. The fourth-order valence-electron chi connectivity index (χ4n) is 2.71. The van der Waals surface area contributed by atoms with Crippen LogP contribution >= 0.6 is 0 Å². The van der Waals surface area contributed by atoms with Gasteiger partial charge >= 0.3 is 0 Å². The number of rotatable bonds is 4. The van der Waals surface area contributed by atoms with Gasteiger partial charge in [-0.25, -0.2) is 9.97 Å². The molecule has 4 nitrogen and oxygen atoms in total. The van der Waals surface area contributed by atoms with Crippen molar-refractivity contribution in [3.8, 4) is 0 Å². The van der Waals surface area contributed by atoms with Crippen LogP contribution in [0.2, 0.25) is 0 Å². The van der Waals surface area contributed by atoms with E-state index in [2.05, 4.69) is 57.9 Å². The highest BCUT2D eigenvalue weighted by Gasteiger charge is 2.20. The molecule has 2 rings (SSSR count). The summed E-state index contributed by atoms with van der Waals surface area (Å²) in [6.07, 6.45) is 2.55. The zero-order chi connectivity index (χ0) is 16.3. The average molecular weight is 304 g/mol. The molecule has 0 saturated carbocycles. The van der Waals surface area contributed by atoms with Crippen LogP contribution in [0.1, 0.15) is 64.9 Å². The minimum atomic E-state index is 0.0521. The van der Waals surface area contributed by atoms with E-state index in [-0.39, 0.29) is 5.41 Å². The number of hydrogen-bond acceptors (Lipinski definition) is 4. The monoisotopic (exact) mass is 304 g/mol. The van der Waals surface area contributed by atoms with Crippen LogP contribution in [0.5, 0.6) is 0 Å². The van der Waals surface area contributed by atoms with E-state index < -0.39 is 0 Å². The Labute approximate surface area is 135 Å². The number of piperidine rings is 1. The fourth-order valence-corrected chi connectivity index (χ4v) is 2.71. The van der Waals surface area contributed by atoms with Crippen molar-refractivity contribution < 1.29 is 0 Å². The zero-order valence-electron chi connectivity index (χ0n) is 15.1. The Morgan fingerprint density at radius 3 is 2.41 bits per heavy atom. The minimum absolute atomic E-state index is 0.0521. The second kappa shape index (κ2) is 6.95. The molecule has 1 aliphatic rings. The van der Waals surface area contributed by atoms with Gasteiger partial charge in [-0.15, -0.1) is 0 Å². The zero-order valence-corrected chi connectivity index (χ0v) is 15.1. The normalized spacial score (nSPS) is 18.0. The fraction of sp³-hybridized carbons (Fsp3) is 0.778. The maximum absolute atomic E-state index is 4.75. The molecule has 124 valence electrons. The summed E-state index contributed by atoms with van der Waals surface area (Å²) >= 11 is 0. The van der Waals surface area contributed by atoms with Gasteiger partial charge in [0.05, 0.1) is 5.69 Å². The molecule has 1 aromatic heterocycles. The molecule has 0 aliphatic carbocycles. The summed E-state index contributed by atoms with van der Waals surface area (Å²) in [6, 6.07) is 2.13. The highest BCUT2D eigenvalue weighted by molar-refractivity contribution is 5.38. The van der Waals surface area contributed by atoms with Crippen molar-refractivity contribution in [2.45, 2.75) is 58.8 Å². The predicted molar refractivity (Wildman–Crippen MR) is 93.5 cm³/mol. The van der Waals surface area contributed by atoms with E-state index >= 15 is 0 Å². The molecule has 0 atom stereocenters. The van der Waals surface area contributed by atoms with E-state index in [1.807, 2.05) is 0 Å². The van der Waals surface area contributed by atoms with Gasteiger partial charge in [-0.3, -0.25) is 0 Å². The summed E-state index contributed by atoms with van der Waals surface area (Å²) in [7, 11) is 2.21. The number of nitrogens with one attached hydrogen (secondary N) is 1. The minimum Gasteiger partial charge on any atom is -0.370 e. The highest BCUT2D eigenvalue weighted by Crippen LogP contribution is 2.25. The molecule has 22 heavy (non-hydrogen) atoms. The van der Waals surface area contributed by atoms with E-state index in [0.717, 1.165) is 29.8 Å². The molecular weight excluding hydrogens is 272 g/mol. The molecule has 0 bridgehead atoms. The van der Waals surface area contributed by atoms with Gasteiger partial charge in [-0.1, -0.05) is 34.6 Å². The van der Waals surface area contributed by atoms with Crippen molar-refractivity contribution in [2.75, 3.05) is 32.0 Å². The number of hydrogen-bond donors (Lipinski definition) is 1. The van der Waals surface area contributed by atoms with Crippen molar-refractivity contribution in [2.24, 2.45) is 5.92 Å². The summed E-state index contributed by atoms with van der Waals surface area (Å²) in [5.74, 6) is 3.04. The predicted octanol–water partition coefficient (Wildman–Crippen LogP) is 3.65.